The number of aromatic nitrogens is 2. The molecular weight excluding hydrogens is 448 g/mol. The van der Waals surface area contributed by atoms with E-state index in [2.05, 4.69) is 35.9 Å². The summed E-state index contributed by atoms with van der Waals surface area (Å²) in [7, 11) is -3.49. The number of rotatable bonds is 10. The van der Waals surface area contributed by atoms with E-state index in [1.165, 1.54) is 5.56 Å². The van der Waals surface area contributed by atoms with Gasteiger partial charge in [0.05, 0.1) is 15.9 Å². The van der Waals surface area contributed by atoms with Gasteiger partial charge in [0.25, 0.3) is 0 Å². The van der Waals surface area contributed by atoms with E-state index in [1.807, 2.05) is 24.3 Å². The van der Waals surface area contributed by atoms with Crippen LogP contribution >= 0.6 is 0 Å². The lowest BCUT2D eigenvalue weighted by molar-refractivity contribution is -0.121. The minimum Gasteiger partial charge on any atom is -0.355 e. The molecule has 1 unspecified atom stereocenters. The van der Waals surface area contributed by atoms with Crippen molar-refractivity contribution in [3.8, 4) is 0 Å². The predicted octanol–water partition coefficient (Wildman–Crippen LogP) is 4.08. The Hall–Kier alpha value is -2.71. The van der Waals surface area contributed by atoms with Gasteiger partial charge in [0.15, 0.2) is 0 Å². The van der Waals surface area contributed by atoms with Gasteiger partial charge in [-0.1, -0.05) is 44.2 Å². The maximum atomic E-state index is 13.0. The highest BCUT2D eigenvalue weighted by atomic mass is 32.2. The number of carbonyl (C=O) groups is 1. The molecule has 2 aromatic carbocycles. The molecule has 182 valence electrons. The van der Waals surface area contributed by atoms with Crippen molar-refractivity contribution >= 4 is 27.0 Å². The number of fused-ring (bicyclic) bond motifs is 1. The number of nitrogens with one attached hydrogen (secondary N) is 1. The molecule has 1 aliphatic heterocycles. The first-order valence-electron chi connectivity index (χ1n) is 12.2. The number of sulfonamides is 1. The minimum atomic E-state index is -3.49. The van der Waals surface area contributed by atoms with E-state index >= 15 is 0 Å². The van der Waals surface area contributed by atoms with Gasteiger partial charge in [0.1, 0.15) is 5.82 Å². The molecule has 3 aromatic rings. The summed E-state index contributed by atoms with van der Waals surface area (Å²) in [5, 5.41) is 3.04. The molecule has 0 bridgehead atoms. The zero-order chi connectivity index (χ0) is 24.1. The van der Waals surface area contributed by atoms with Gasteiger partial charge < -0.3 is 9.88 Å². The van der Waals surface area contributed by atoms with E-state index in [9.17, 15) is 13.2 Å². The average Bonchev–Trinajstić information content (AvgIpc) is 3.51. The Kier molecular flexibility index (Phi) is 7.68. The molecule has 0 saturated carbocycles. The molecule has 2 heterocycles. The van der Waals surface area contributed by atoms with Crippen LogP contribution in [0.1, 0.15) is 56.8 Å². The molecule has 0 spiro atoms. The summed E-state index contributed by atoms with van der Waals surface area (Å²) >= 11 is 0. The first kappa shape index (κ1) is 24.4. The molecule has 7 nitrogen and oxygen atoms in total. The number of carbonyl (C=O) groups excluding carboxylic acids is 1. The summed E-state index contributed by atoms with van der Waals surface area (Å²) in [5.74, 6) is 1.06. The van der Waals surface area contributed by atoms with Crippen molar-refractivity contribution in [2.24, 2.45) is 0 Å². The van der Waals surface area contributed by atoms with Crippen molar-refractivity contribution in [3.63, 3.8) is 0 Å². The van der Waals surface area contributed by atoms with Crippen molar-refractivity contribution in [2.75, 3.05) is 19.6 Å². The molecule has 1 fully saturated rings. The molecule has 8 heteroatoms. The van der Waals surface area contributed by atoms with Crippen LogP contribution in [0.2, 0.25) is 0 Å². The fraction of sp³-hybridized carbons (Fsp3) is 0.462. The highest BCUT2D eigenvalue weighted by Gasteiger charge is 2.28. The monoisotopic (exact) mass is 482 g/mol. The largest absolute Gasteiger partial charge is 0.355 e. The number of hydrogen-bond acceptors (Lipinski definition) is 4. The maximum Gasteiger partial charge on any atom is 0.243 e. The Morgan fingerprint density at radius 1 is 1.12 bits per heavy atom. The molecular formula is C26H34N4O3S. The fourth-order valence-corrected chi connectivity index (χ4v) is 6.08. The van der Waals surface area contributed by atoms with Gasteiger partial charge in [0, 0.05) is 39.0 Å². The Bertz CT molecular complexity index is 1230. The van der Waals surface area contributed by atoms with Crippen molar-refractivity contribution in [2.45, 2.75) is 63.3 Å². The molecule has 34 heavy (non-hydrogen) atoms. The van der Waals surface area contributed by atoms with Gasteiger partial charge in [-0.3, -0.25) is 4.79 Å². The van der Waals surface area contributed by atoms with Gasteiger partial charge in [0.2, 0.25) is 15.9 Å². The highest BCUT2D eigenvalue weighted by molar-refractivity contribution is 7.89. The molecule has 1 aromatic heterocycles. The van der Waals surface area contributed by atoms with Gasteiger partial charge >= 0.3 is 0 Å². The van der Waals surface area contributed by atoms with E-state index < -0.39 is 10.0 Å². The summed E-state index contributed by atoms with van der Waals surface area (Å²) < 4.78 is 29.6. The SMILES string of the molecule is CCCn1c(CCC(=O)NCC(C)c2ccccc2)nc2cc(S(=O)(=O)N3CCCC3)ccc21. The van der Waals surface area contributed by atoms with Crippen molar-refractivity contribution < 1.29 is 13.2 Å². The summed E-state index contributed by atoms with van der Waals surface area (Å²) in [4.78, 5) is 17.6. The Morgan fingerprint density at radius 2 is 1.85 bits per heavy atom. The molecule has 1 N–H and O–H groups in total. The quantitative estimate of drug-likeness (QED) is 0.472. The van der Waals surface area contributed by atoms with Crippen LogP contribution in [0, 0.1) is 0 Å². The average molecular weight is 483 g/mol. The summed E-state index contributed by atoms with van der Waals surface area (Å²) in [5.41, 5.74) is 2.78. The summed E-state index contributed by atoms with van der Waals surface area (Å²) in [6, 6.07) is 15.4. The van der Waals surface area contributed by atoms with Crippen LogP contribution in [0.3, 0.4) is 0 Å². The first-order chi connectivity index (χ1) is 16.4. The standard InChI is InChI=1S/C26H34N4O3S/c1-3-15-30-24-12-11-22(34(32,33)29-16-7-8-17-29)18-23(24)28-25(30)13-14-26(31)27-19-20(2)21-9-5-4-6-10-21/h4-6,9-12,18,20H,3,7-8,13-17,19H2,1-2H3,(H,27,31). The minimum absolute atomic E-state index is 0.00446. The van der Waals surface area contributed by atoms with Crippen molar-refractivity contribution in [3.05, 3.63) is 59.9 Å². The van der Waals surface area contributed by atoms with Crippen LogP contribution in [-0.2, 0) is 27.8 Å². The molecule has 0 radical (unpaired) electrons. The van der Waals surface area contributed by atoms with Gasteiger partial charge in [-0.25, -0.2) is 13.4 Å². The third kappa shape index (κ3) is 5.33. The number of hydrogen-bond donors (Lipinski definition) is 1. The number of imidazole rings is 1. The van der Waals surface area contributed by atoms with Crippen LogP contribution in [0.25, 0.3) is 11.0 Å². The molecule has 1 atom stereocenters. The number of aryl methyl sites for hydroxylation is 2. The van der Waals surface area contributed by atoms with Crippen LogP contribution in [0.4, 0.5) is 0 Å². The smallest absolute Gasteiger partial charge is 0.243 e. The molecule has 1 saturated heterocycles. The Balaban J connectivity index is 1.46. The van der Waals surface area contributed by atoms with E-state index in [4.69, 9.17) is 4.98 Å². The maximum absolute atomic E-state index is 13.0. The van der Waals surface area contributed by atoms with Crippen LogP contribution in [0.5, 0.6) is 0 Å². The second-order valence-electron chi connectivity index (χ2n) is 9.06. The third-order valence-corrected chi connectivity index (χ3v) is 8.39. The molecule has 1 aliphatic rings. The van der Waals surface area contributed by atoms with Gasteiger partial charge in [-0.15, -0.1) is 0 Å². The van der Waals surface area contributed by atoms with E-state index in [1.54, 1.807) is 16.4 Å². The molecule has 4 rings (SSSR count). The van der Waals surface area contributed by atoms with Crippen molar-refractivity contribution in [1.82, 2.24) is 19.2 Å². The normalized spacial score (nSPS) is 15.6. The van der Waals surface area contributed by atoms with Gasteiger partial charge in [-0.05, 0) is 48.9 Å². The summed E-state index contributed by atoms with van der Waals surface area (Å²) in [6.45, 7) is 6.72. The first-order valence-corrected chi connectivity index (χ1v) is 13.6. The zero-order valence-corrected chi connectivity index (χ0v) is 20.9. The van der Waals surface area contributed by atoms with Gasteiger partial charge in [-0.2, -0.15) is 4.31 Å². The number of amides is 1. The van der Waals surface area contributed by atoms with Crippen LogP contribution in [-0.4, -0.2) is 47.8 Å². The van der Waals surface area contributed by atoms with E-state index in [-0.39, 0.29) is 11.8 Å². The lowest BCUT2D eigenvalue weighted by atomic mass is 10.0. The van der Waals surface area contributed by atoms with Crippen LogP contribution in [0.15, 0.2) is 53.4 Å². The lowest BCUT2D eigenvalue weighted by Gasteiger charge is -2.15. The lowest BCUT2D eigenvalue weighted by Crippen LogP contribution is -2.28. The Labute approximate surface area is 202 Å². The van der Waals surface area contributed by atoms with E-state index in [0.717, 1.165) is 37.1 Å². The predicted molar refractivity (Wildman–Crippen MR) is 134 cm³/mol. The molecule has 0 aliphatic carbocycles. The second-order valence-corrected chi connectivity index (χ2v) is 11.0. The zero-order valence-electron chi connectivity index (χ0n) is 20.0. The van der Waals surface area contributed by atoms with E-state index in [0.29, 0.717) is 42.9 Å². The Morgan fingerprint density at radius 3 is 2.56 bits per heavy atom. The molecule has 1 amide bonds. The fourth-order valence-electron chi connectivity index (χ4n) is 4.54. The highest BCUT2D eigenvalue weighted by Crippen LogP contribution is 2.26. The number of benzene rings is 2. The summed E-state index contributed by atoms with van der Waals surface area (Å²) in [6.07, 6.45) is 3.58. The second kappa shape index (κ2) is 10.7. The topological polar surface area (TPSA) is 84.3 Å². The van der Waals surface area contributed by atoms with Crippen LogP contribution < -0.4 is 5.32 Å². The number of nitrogens with zero attached hydrogens (tertiary/aromatic N) is 3. The van der Waals surface area contributed by atoms with Crippen molar-refractivity contribution in [1.29, 1.82) is 0 Å². The third-order valence-electron chi connectivity index (χ3n) is 6.50.